The average molecular weight is 476 g/mol. The fourth-order valence-electron chi connectivity index (χ4n) is 2.60. The predicted octanol–water partition coefficient (Wildman–Crippen LogP) is 2.47. The van der Waals surface area contributed by atoms with E-state index in [1.165, 1.54) is 0 Å². The third-order valence-corrected chi connectivity index (χ3v) is 4.03. The van der Waals surface area contributed by atoms with E-state index < -0.39 is 0 Å². The summed E-state index contributed by atoms with van der Waals surface area (Å²) in [5.74, 6) is 1.87. The van der Waals surface area contributed by atoms with Gasteiger partial charge in [0, 0.05) is 25.2 Å². The Morgan fingerprint density at radius 2 is 2.04 bits per heavy atom. The number of benzene rings is 1. The molecule has 0 saturated carbocycles. The van der Waals surface area contributed by atoms with Crippen molar-refractivity contribution in [2.45, 2.75) is 26.8 Å². The minimum atomic E-state index is 0. The minimum Gasteiger partial charge on any atom is -0.493 e. The fourth-order valence-corrected chi connectivity index (χ4v) is 2.60. The van der Waals surface area contributed by atoms with E-state index in [9.17, 15) is 0 Å². The number of hydrogen-bond donors (Lipinski definition) is 2. The number of hydrogen-bond acceptors (Lipinski definition) is 4. The highest BCUT2D eigenvalue weighted by Crippen LogP contribution is 2.19. The Balaban J connectivity index is 0.00000338. The lowest BCUT2D eigenvalue weighted by atomic mass is 10.2. The first-order valence-corrected chi connectivity index (χ1v) is 9.19. The Morgan fingerprint density at radius 3 is 2.77 bits per heavy atom. The summed E-state index contributed by atoms with van der Waals surface area (Å²) in [6, 6.07) is 8.00. The zero-order valence-electron chi connectivity index (χ0n) is 15.9. The van der Waals surface area contributed by atoms with E-state index in [1.54, 1.807) is 0 Å². The second kappa shape index (κ2) is 13.2. The maximum atomic E-state index is 5.98. The lowest BCUT2D eigenvalue weighted by Gasteiger charge is -2.26. The Hall–Kier alpha value is -1.06. The van der Waals surface area contributed by atoms with E-state index in [2.05, 4.69) is 29.1 Å². The van der Waals surface area contributed by atoms with Gasteiger partial charge in [-0.1, -0.05) is 32.0 Å². The molecule has 0 aromatic heterocycles. The number of nitrogens with zero attached hydrogens (tertiary/aromatic N) is 2. The van der Waals surface area contributed by atoms with Crippen molar-refractivity contribution in [3.63, 3.8) is 0 Å². The van der Waals surface area contributed by atoms with Crippen LogP contribution in [0, 0.1) is 5.92 Å². The predicted molar refractivity (Wildman–Crippen MR) is 117 cm³/mol. The van der Waals surface area contributed by atoms with Crippen LogP contribution in [0.4, 0.5) is 0 Å². The largest absolute Gasteiger partial charge is 0.493 e. The van der Waals surface area contributed by atoms with Gasteiger partial charge in [0.05, 0.1) is 26.4 Å². The highest BCUT2D eigenvalue weighted by atomic mass is 127. The van der Waals surface area contributed by atoms with Crippen LogP contribution in [0.3, 0.4) is 0 Å². The first-order chi connectivity index (χ1) is 12.1. The summed E-state index contributed by atoms with van der Waals surface area (Å²) in [6.07, 6.45) is 1.05. The molecule has 26 heavy (non-hydrogen) atoms. The molecule has 1 aliphatic rings. The number of nitrogens with one attached hydrogen (secondary N) is 1. The number of halogens is 1. The summed E-state index contributed by atoms with van der Waals surface area (Å²) < 4.78 is 11.2. The average Bonchev–Trinajstić information content (AvgIpc) is 2.63. The Morgan fingerprint density at radius 1 is 1.31 bits per heavy atom. The molecule has 0 unspecified atom stereocenters. The van der Waals surface area contributed by atoms with Crippen molar-refractivity contribution in [1.82, 2.24) is 10.2 Å². The molecule has 0 atom stereocenters. The number of rotatable bonds is 9. The monoisotopic (exact) mass is 476 g/mol. The third kappa shape index (κ3) is 9.05. The molecule has 3 N–H and O–H groups in total. The molecule has 6 nitrogen and oxygen atoms in total. The van der Waals surface area contributed by atoms with Gasteiger partial charge in [-0.25, -0.2) is 4.99 Å². The molecule has 1 aromatic carbocycles. The number of morpholine rings is 1. The zero-order chi connectivity index (χ0) is 17.9. The van der Waals surface area contributed by atoms with Gasteiger partial charge in [-0.15, -0.1) is 24.0 Å². The summed E-state index contributed by atoms with van der Waals surface area (Å²) in [5, 5.41) is 3.19. The molecule has 0 spiro atoms. The van der Waals surface area contributed by atoms with Crippen LogP contribution in [0.2, 0.25) is 0 Å². The van der Waals surface area contributed by atoms with Gasteiger partial charge in [0.25, 0.3) is 0 Å². The van der Waals surface area contributed by atoms with Crippen molar-refractivity contribution in [3.05, 3.63) is 29.8 Å². The van der Waals surface area contributed by atoms with Gasteiger partial charge in [0.1, 0.15) is 5.75 Å². The molecular weight excluding hydrogens is 443 g/mol. The van der Waals surface area contributed by atoms with Gasteiger partial charge in [-0.05, 0) is 24.9 Å². The smallest absolute Gasteiger partial charge is 0.188 e. The van der Waals surface area contributed by atoms with E-state index in [1.807, 2.05) is 24.3 Å². The lowest BCUT2D eigenvalue weighted by molar-refractivity contribution is 0.0376. The van der Waals surface area contributed by atoms with E-state index in [0.29, 0.717) is 25.0 Å². The van der Waals surface area contributed by atoms with Crippen LogP contribution in [0.25, 0.3) is 0 Å². The van der Waals surface area contributed by atoms with Gasteiger partial charge in [-0.2, -0.15) is 0 Å². The van der Waals surface area contributed by atoms with Gasteiger partial charge in [0.15, 0.2) is 5.96 Å². The summed E-state index contributed by atoms with van der Waals surface area (Å²) in [6.45, 7) is 11.1. The van der Waals surface area contributed by atoms with Crippen LogP contribution in [0.5, 0.6) is 5.75 Å². The highest BCUT2D eigenvalue weighted by Gasteiger charge is 2.09. The first-order valence-electron chi connectivity index (χ1n) is 9.19. The maximum Gasteiger partial charge on any atom is 0.188 e. The molecule has 0 amide bonds. The molecule has 7 heteroatoms. The Labute approximate surface area is 174 Å². The highest BCUT2D eigenvalue weighted by molar-refractivity contribution is 14.0. The van der Waals surface area contributed by atoms with Crippen LogP contribution < -0.4 is 15.8 Å². The quantitative estimate of drug-likeness (QED) is 0.248. The summed E-state index contributed by atoms with van der Waals surface area (Å²) in [4.78, 5) is 6.85. The maximum absolute atomic E-state index is 5.98. The van der Waals surface area contributed by atoms with Gasteiger partial charge in [0.2, 0.25) is 0 Å². The second-order valence-corrected chi connectivity index (χ2v) is 6.75. The van der Waals surface area contributed by atoms with Crippen LogP contribution in [-0.2, 0) is 11.3 Å². The Kier molecular flexibility index (Phi) is 11.6. The van der Waals surface area contributed by atoms with Gasteiger partial charge >= 0.3 is 0 Å². The van der Waals surface area contributed by atoms with Gasteiger partial charge in [-0.3, -0.25) is 4.90 Å². The SMILES string of the molecule is CC(C)COc1ccccc1CN=C(N)NCCCN1CCOCC1.I. The number of nitrogens with two attached hydrogens (primary N) is 1. The molecule has 0 aliphatic carbocycles. The first kappa shape index (κ1) is 23.0. The molecule has 148 valence electrons. The third-order valence-electron chi connectivity index (χ3n) is 4.03. The molecule has 1 saturated heterocycles. The van der Waals surface area contributed by atoms with Crippen molar-refractivity contribution in [3.8, 4) is 5.75 Å². The second-order valence-electron chi connectivity index (χ2n) is 6.75. The lowest BCUT2D eigenvalue weighted by Crippen LogP contribution is -2.39. The number of ether oxygens (including phenoxy) is 2. The van der Waals surface area contributed by atoms with Crippen molar-refractivity contribution < 1.29 is 9.47 Å². The van der Waals surface area contributed by atoms with Crippen LogP contribution in [-0.4, -0.2) is 56.9 Å². The molecule has 2 rings (SSSR count). The van der Waals surface area contributed by atoms with Crippen molar-refractivity contribution in [2.24, 2.45) is 16.6 Å². The molecule has 1 heterocycles. The molecular formula is C19H33IN4O2. The summed E-state index contributed by atoms with van der Waals surface area (Å²) in [5.41, 5.74) is 7.03. The fraction of sp³-hybridized carbons (Fsp3) is 0.632. The van der Waals surface area contributed by atoms with E-state index in [4.69, 9.17) is 15.2 Å². The van der Waals surface area contributed by atoms with Gasteiger partial charge < -0.3 is 20.5 Å². The number of guanidine groups is 1. The zero-order valence-corrected chi connectivity index (χ0v) is 18.3. The van der Waals surface area contributed by atoms with Crippen molar-refractivity contribution in [1.29, 1.82) is 0 Å². The minimum absolute atomic E-state index is 0. The molecule has 1 aromatic rings. The topological polar surface area (TPSA) is 72.1 Å². The normalized spacial score (nSPS) is 15.6. The van der Waals surface area contributed by atoms with Crippen LogP contribution in [0.15, 0.2) is 29.3 Å². The van der Waals surface area contributed by atoms with E-state index in [-0.39, 0.29) is 24.0 Å². The van der Waals surface area contributed by atoms with E-state index in [0.717, 1.165) is 57.1 Å². The van der Waals surface area contributed by atoms with E-state index >= 15 is 0 Å². The summed E-state index contributed by atoms with van der Waals surface area (Å²) >= 11 is 0. The number of aliphatic imine (C=N–C) groups is 1. The number of para-hydroxylation sites is 1. The molecule has 1 aliphatic heterocycles. The molecule has 0 radical (unpaired) electrons. The van der Waals surface area contributed by atoms with Crippen LogP contribution >= 0.6 is 24.0 Å². The molecule has 1 fully saturated rings. The standard InChI is InChI=1S/C19H32N4O2.HI/c1-16(2)15-25-18-7-4-3-6-17(18)14-22-19(20)21-8-5-9-23-10-12-24-13-11-23;/h3-4,6-7,16H,5,8-15H2,1-2H3,(H3,20,21,22);1H. The van der Waals surface area contributed by atoms with Crippen LogP contribution in [0.1, 0.15) is 25.8 Å². The van der Waals surface area contributed by atoms with Crippen molar-refractivity contribution >= 4 is 29.9 Å². The molecule has 0 bridgehead atoms. The Bertz CT molecular complexity index is 534. The summed E-state index contributed by atoms with van der Waals surface area (Å²) in [7, 11) is 0. The van der Waals surface area contributed by atoms with Crippen molar-refractivity contribution in [2.75, 3.05) is 46.0 Å².